The predicted molar refractivity (Wildman–Crippen MR) is 110 cm³/mol. The Bertz CT molecular complexity index is 626. The van der Waals surface area contributed by atoms with Crippen LogP contribution in [-0.2, 0) is 0 Å². The maximum atomic E-state index is 12.7. The molecule has 2 amide bonds. The van der Waals surface area contributed by atoms with Crippen molar-refractivity contribution in [3.8, 4) is 5.75 Å². The summed E-state index contributed by atoms with van der Waals surface area (Å²) in [5.41, 5.74) is 1.04. The van der Waals surface area contributed by atoms with Crippen LogP contribution in [0.15, 0.2) is 24.3 Å². The van der Waals surface area contributed by atoms with E-state index < -0.39 is 0 Å². The molecule has 2 heterocycles. The third-order valence-corrected chi connectivity index (χ3v) is 6.02. The second kappa shape index (κ2) is 10.1. The minimum atomic E-state index is -0.0556. The number of aliphatic hydroxyl groups excluding tert-OH is 1. The van der Waals surface area contributed by atoms with Crippen molar-refractivity contribution in [3.05, 3.63) is 29.8 Å². The molecule has 28 heavy (non-hydrogen) atoms. The van der Waals surface area contributed by atoms with Crippen LogP contribution < -0.4 is 10.1 Å². The topological polar surface area (TPSA) is 68.3 Å². The molecule has 2 aliphatic heterocycles. The average Bonchev–Trinajstić information content (AvgIpc) is 2.74. The van der Waals surface area contributed by atoms with Crippen LogP contribution in [0.5, 0.6) is 5.75 Å². The lowest BCUT2D eigenvalue weighted by Crippen LogP contribution is -2.55. The van der Waals surface area contributed by atoms with Crippen molar-refractivity contribution >= 4 is 6.03 Å². The van der Waals surface area contributed by atoms with E-state index in [0.29, 0.717) is 6.04 Å². The van der Waals surface area contributed by atoms with E-state index in [0.717, 1.165) is 70.0 Å². The van der Waals surface area contributed by atoms with E-state index in [1.165, 1.54) is 0 Å². The number of hydrogen-bond donors (Lipinski definition) is 2. The van der Waals surface area contributed by atoms with Gasteiger partial charge in [-0.2, -0.15) is 0 Å². The van der Waals surface area contributed by atoms with Crippen molar-refractivity contribution < 1.29 is 14.6 Å². The molecule has 0 saturated carbocycles. The first-order valence-electron chi connectivity index (χ1n) is 10.4. The number of methoxy groups -OCH3 is 1. The summed E-state index contributed by atoms with van der Waals surface area (Å²) in [6.07, 6.45) is 2.06. The lowest BCUT2D eigenvalue weighted by Gasteiger charge is -2.42. The van der Waals surface area contributed by atoms with Gasteiger partial charge in [-0.1, -0.05) is 12.1 Å². The van der Waals surface area contributed by atoms with Gasteiger partial charge < -0.3 is 20.1 Å². The first-order valence-corrected chi connectivity index (χ1v) is 10.4. The Labute approximate surface area is 168 Å². The molecule has 0 aromatic heterocycles. The zero-order chi connectivity index (χ0) is 19.9. The van der Waals surface area contributed by atoms with Crippen molar-refractivity contribution in [2.24, 2.45) is 0 Å². The molecular weight excluding hydrogens is 356 g/mol. The first kappa shape index (κ1) is 20.9. The van der Waals surface area contributed by atoms with Gasteiger partial charge in [-0.05, 0) is 37.5 Å². The summed E-state index contributed by atoms with van der Waals surface area (Å²) in [5, 5.41) is 12.2. The van der Waals surface area contributed by atoms with Crippen LogP contribution in [0.3, 0.4) is 0 Å². The molecule has 0 aliphatic carbocycles. The number of nitrogens with one attached hydrogen (secondary N) is 1. The highest BCUT2D eigenvalue weighted by Gasteiger charge is 2.29. The largest absolute Gasteiger partial charge is 0.497 e. The summed E-state index contributed by atoms with van der Waals surface area (Å²) >= 11 is 0. The zero-order valence-corrected chi connectivity index (χ0v) is 17.1. The Morgan fingerprint density at radius 3 is 2.57 bits per heavy atom. The fraction of sp³-hybridized carbons (Fsp3) is 0.667. The smallest absolute Gasteiger partial charge is 0.317 e. The molecule has 3 rings (SSSR count). The van der Waals surface area contributed by atoms with Crippen molar-refractivity contribution in [2.45, 2.75) is 31.8 Å². The van der Waals surface area contributed by atoms with Crippen molar-refractivity contribution in [1.82, 2.24) is 20.0 Å². The number of piperidine rings is 1. The summed E-state index contributed by atoms with van der Waals surface area (Å²) in [4.78, 5) is 19.5. The molecule has 1 aromatic rings. The fourth-order valence-corrected chi connectivity index (χ4v) is 4.20. The second-order valence-corrected chi connectivity index (χ2v) is 7.77. The van der Waals surface area contributed by atoms with Crippen molar-refractivity contribution in [1.29, 1.82) is 0 Å². The Kier molecular flexibility index (Phi) is 7.53. The highest BCUT2D eigenvalue weighted by atomic mass is 16.5. The third kappa shape index (κ3) is 5.37. The van der Waals surface area contributed by atoms with E-state index in [1.54, 1.807) is 7.11 Å². The van der Waals surface area contributed by atoms with Gasteiger partial charge in [0.15, 0.2) is 0 Å². The van der Waals surface area contributed by atoms with Crippen LogP contribution in [-0.4, -0.2) is 91.4 Å². The Morgan fingerprint density at radius 1 is 1.21 bits per heavy atom. The molecule has 2 saturated heterocycles. The number of ether oxygens (including phenoxy) is 1. The van der Waals surface area contributed by atoms with E-state index >= 15 is 0 Å². The number of nitrogens with zero attached hydrogens (tertiary/aromatic N) is 3. The molecule has 0 unspecified atom stereocenters. The van der Waals surface area contributed by atoms with E-state index in [9.17, 15) is 4.79 Å². The van der Waals surface area contributed by atoms with Crippen LogP contribution in [0, 0.1) is 0 Å². The average molecular weight is 391 g/mol. The van der Waals surface area contributed by atoms with Crippen LogP contribution in [0.4, 0.5) is 4.79 Å². The Balaban J connectivity index is 1.43. The summed E-state index contributed by atoms with van der Waals surface area (Å²) in [5.74, 6) is 0.804. The lowest BCUT2D eigenvalue weighted by atomic mass is 10.0. The highest BCUT2D eigenvalue weighted by molar-refractivity contribution is 5.74. The van der Waals surface area contributed by atoms with Gasteiger partial charge in [-0.15, -0.1) is 0 Å². The van der Waals surface area contributed by atoms with E-state index in [4.69, 9.17) is 9.84 Å². The van der Waals surface area contributed by atoms with Gasteiger partial charge in [0.25, 0.3) is 0 Å². The molecule has 156 valence electrons. The second-order valence-electron chi connectivity index (χ2n) is 7.77. The van der Waals surface area contributed by atoms with Gasteiger partial charge in [0, 0.05) is 51.9 Å². The molecule has 2 aliphatic rings. The monoisotopic (exact) mass is 390 g/mol. The first-order chi connectivity index (χ1) is 13.6. The van der Waals surface area contributed by atoms with Crippen LogP contribution >= 0.6 is 0 Å². The number of carbonyl (C=O) groups is 1. The molecule has 7 nitrogen and oxygen atoms in total. The van der Waals surface area contributed by atoms with E-state index in [-0.39, 0.29) is 18.7 Å². The van der Waals surface area contributed by atoms with Crippen LogP contribution in [0.2, 0.25) is 0 Å². The van der Waals surface area contributed by atoms with E-state index in [2.05, 4.69) is 15.1 Å². The van der Waals surface area contributed by atoms with Crippen molar-refractivity contribution in [2.75, 3.05) is 59.5 Å². The fourth-order valence-electron chi connectivity index (χ4n) is 4.20. The SMILES string of the molecule is COc1cccc([C@H](C)NC(=O)N2CCC(N3CCN(CCO)CC3)CC2)c1. The number of hydrogen-bond acceptors (Lipinski definition) is 5. The number of piperazine rings is 1. The molecule has 2 N–H and O–H groups in total. The standard InChI is InChI=1S/C21H34N4O3/c1-17(18-4-3-5-20(16-18)28-2)22-21(27)25-8-6-19(7-9-25)24-12-10-23(11-13-24)14-15-26/h3-5,16-17,19,26H,6-15H2,1-2H3,(H,22,27)/t17-/m0/s1. The molecule has 0 radical (unpaired) electrons. The molecule has 2 fully saturated rings. The normalized spacial score (nSPS) is 20.8. The van der Waals surface area contributed by atoms with E-state index in [1.807, 2.05) is 36.1 Å². The molecule has 1 aromatic carbocycles. The third-order valence-electron chi connectivity index (χ3n) is 6.02. The van der Waals surface area contributed by atoms with Gasteiger partial charge in [0.05, 0.1) is 19.8 Å². The molecule has 1 atom stereocenters. The number of urea groups is 1. The molecule has 0 bridgehead atoms. The van der Waals surface area contributed by atoms with Gasteiger partial charge in [-0.25, -0.2) is 4.79 Å². The van der Waals surface area contributed by atoms with Crippen molar-refractivity contribution in [3.63, 3.8) is 0 Å². The number of carbonyl (C=O) groups excluding carboxylic acids is 1. The summed E-state index contributed by atoms with van der Waals surface area (Å²) in [7, 11) is 1.65. The number of likely N-dealkylation sites (tertiary alicyclic amines) is 1. The number of aliphatic hydroxyl groups is 1. The van der Waals surface area contributed by atoms with Crippen LogP contribution in [0.25, 0.3) is 0 Å². The number of β-amino-alcohol motifs (C(OH)–C–C–N with tert-alkyl or cyclic N) is 1. The Hall–Kier alpha value is -1.83. The molecular formula is C21H34N4O3. The summed E-state index contributed by atoms with van der Waals surface area (Å²) < 4.78 is 5.27. The molecule has 0 spiro atoms. The quantitative estimate of drug-likeness (QED) is 0.771. The minimum Gasteiger partial charge on any atom is -0.497 e. The summed E-state index contributed by atoms with van der Waals surface area (Å²) in [6, 6.07) is 8.36. The highest BCUT2D eigenvalue weighted by Crippen LogP contribution is 2.21. The number of rotatable bonds is 6. The predicted octanol–water partition coefficient (Wildman–Crippen LogP) is 1.54. The van der Waals surface area contributed by atoms with Gasteiger partial charge in [-0.3, -0.25) is 9.80 Å². The zero-order valence-electron chi connectivity index (χ0n) is 17.1. The summed E-state index contributed by atoms with van der Waals surface area (Å²) in [6.45, 7) is 8.80. The van der Waals surface area contributed by atoms with Gasteiger partial charge in [0.1, 0.15) is 5.75 Å². The maximum Gasteiger partial charge on any atom is 0.317 e. The van der Waals surface area contributed by atoms with Crippen LogP contribution in [0.1, 0.15) is 31.4 Å². The number of benzene rings is 1. The molecule has 7 heteroatoms. The Morgan fingerprint density at radius 2 is 1.93 bits per heavy atom. The minimum absolute atomic E-state index is 0.0153. The lowest BCUT2D eigenvalue weighted by molar-refractivity contribution is 0.0585. The maximum absolute atomic E-state index is 12.7. The van der Waals surface area contributed by atoms with Gasteiger partial charge in [0.2, 0.25) is 0 Å². The number of amides is 2. The van der Waals surface area contributed by atoms with Gasteiger partial charge >= 0.3 is 6.03 Å².